The quantitative estimate of drug-likeness (QED) is 0.377. The summed E-state index contributed by atoms with van der Waals surface area (Å²) < 4.78 is 34.8. The van der Waals surface area contributed by atoms with Gasteiger partial charge in [0.05, 0.1) is 6.04 Å². The molecule has 0 aromatic heterocycles. The Hall–Kier alpha value is -1.96. The summed E-state index contributed by atoms with van der Waals surface area (Å²) >= 11 is 0. The van der Waals surface area contributed by atoms with E-state index < -0.39 is 34.4 Å². The van der Waals surface area contributed by atoms with Crippen molar-refractivity contribution in [2.24, 2.45) is 5.92 Å². The molecule has 3 aliphatic heterocycles. The molecule has 0 unspecified atom stereocenters. The highest BCUT2D eigenvalue weighted by atomic mass is 32.3. The van der Waals surface area contributed by atoms with E-state index in [1.165, 1.54) is 0 Å². The van der Waals surface area contributed by atoms with Gasteiger partial charge in [0.25, 0.3) is 5.91 Å². The molecule has 3 N–H and O–H groups in total. The van der Waals surface area contributed by atoms with Crippen LogP contribution in [0.25, 0.3) is 0 Å². The van der Waals surface area contributed by atoms with E-state index in [0.29, 0.717) is 24.3 Å². The lowest BCUT2D eigenvalue weighted by Crippen LogP contribution is -2.55. The van der Waals surface area contributed by atoms with Gasteiger partial charge < -0.3 is 9.80 Å². The molecule has 27 heavy (non-hydrogen) atoms. The van der Waals surface area contributed by atoms with Crippen molar-refractivity contribution in [3.63, 3.8) is 0 Å². The molecule has 2 bridgehead atoms. The van der Waals surface area contributed by atoms with E-state index in [9.17, 15) is 22.8 Å². The van der Waals surface area contributed by atoms with Gasteiger partial charge in [0.1, 0.15) is 6.04 Å². The van der Waals surface area contributed by atoms with Crippen molar-refractivity contribution in [1.29, 1.82) is 0 Å². The highest BCUT2D eigenvalue weighted by molar-refractivity contribution is 7.80. The van der Waals surface area contributed by atoms with Crippen molar-refractivity contribution in [3.8, 4) is 0 Å². The van der Waals surface area contributed by atoms with Crippen molar-refractivity contribution in [2.45, 2.75) is 37.8 Å². The molecule has 0 radical (unpaired) electrons. The first kappa shape index (κ1) is 19.8. The number of hydrogen-bond donors (Lipinski definition) is 3. The molecule has 3 aliphatic rings. The van der Waals surface area contributed by atoms with Crippen LogP contribution in [0.5, 0.6) is 0 Å². The fraction of sp³-hybridized carbons (Fsp3) is 0.786. The van der Waals surface area contributed by atoms with E-state index in [-0.39, 0.29) is 24.8 Å². The second-order valence-electron chi connectivity index (χ2n) is 7.07. The summed E-state index contributed by atoms with van der Waals surface area (Å²) in [6, 6.07) is -2.25. The molecule has 3 heterocycles. The summed E-state index contributed by atoms with van der Waals surface area (Å²) in [4.78, 5) is 40.1. The number of amides is 4. The molecule has 0 spiro atoms. The smallest absolute Gasteiger partial charge is 0.309 e. The Labute approximate surface area is 156 Å². The van der Waals surface area contributed by atoms with Crippen molar-refractivity contribution >= 4 is 28.2 Å². The maximum Gasteiger partial charge on any atom is 0.418 e. The van der Waals surface area contributed by atoms with Crippen LogP contribution in [-0.2, 0) is 24.3 Å². The lowest BCUT2D eigenvalue weighted by Gasteiger charge is -2.30. The van der Waals surface area contributed by atoms with E-state index in [0.717, 1.165) is 18.0 Å². The Morgan fingerprint density at radius 3 is 2.37 bits per heavy atom. The van der Waals surface area contributed by atoms with Crippen molar-refractivity contribution in [1.82, 2.24) is 25.7 Å². The topological polar surface area (TPSA) is 149 Å². The Bertz CT molecular complexity index is 721. The highest BCUT2D eigenvalue weighted by Gasteiger charge is 2.49. The Morgan fingerprint density at radius 2 is 1.74 bits per heavy atom. The van der Waals surface area contributed by atoms with E-state index >= 15 is 0 Å². The molecule has 2 atom stereocenters. The summed E-state index contributed by atoms with van der Waals surface area (Å²) in [7, 11) is -2.86. The number of piperidine rings is 2. The Morgan fingerprint density at radius 1 is 1.11 bits per heavy atom. The maximum absolute atomic E-state index is 12.4. The minimum absolute atomic E-state index is 0.0926. The van der Waals surface area contributed by atoms with E-state index in [2.05, 4.69) is 20.0 Å². The standard InChI is InChI=1S/C14H23N5O7S/c1-17-6-4-9(5-7-17)12(20)15-16-13(21)11-3-2-10-8-18(11)14(22)19(10)26-27(23,24)25/h9-11H,2-8H2,1H3,(H,15,20)(H,16,21)(H,23,24,25)/t10-,11+/m1/s1. The third kappa shape index (κ3) is 4.48. The zero-order valence-corrected chi connectivity index (χ0v) is 15.6. The van der Waals surface area contributed by atoms with Crippen molar-refractivity contribution in [3.05, 3.63) is 0 Å². The summed E-state index contributed by atoms with van der Waals surface area (Å²) in [5, 5.41) is 0.569. The van der Waals surface area contributed by atoms with Crippen LogP contribution in [0.1, 0.15) is 25.7 Å². The van der Waals surface area contributed by atoms with Crippen molar-refractivity contribution < 1.29 is 31.6 Å². The van der Waals surface area contributed by atoms with Crippen LogP contribution in [0, 0.1) is 5.92 Å². The number of hydrazine groups is 1. The average molecular weight is 405 g/mol. The summed E-state index contributed by atoms with van der Waals surface area (Å²) in [6.45, 7) is 1.71. The molecule has 0 saturated carbocycles. The van der Waals surface area contributed by atoms with Crippen LogP contribution in [0.4, 0.5) is 4.79 Å². The van der Waals surface area contributed by atoms with Gasteiger partial charge in [-0.25, -0.2) is 4.79 Å². The number of fused-ring (bicyclic) bond motifs is 2. The zero-order chi connectivity index (χ0) is 19.8. The predicted molar refractivity (Wildman–Crippen MR) is 89.9 cm³/mol. The molecule has 13 heteroatoms. The molecule has 3 fully saturated rings. The Balaban J connectivity index is 1.54. The third-order valence-corrected chi connectivity index (χ3v) is 5.55. The molecule has 0 aromatic carbocycles. The second-order valence-corrected chi connectivity index (χ2v) is 8.07. The van der Waals surface area contributed by atoms with E-state index in [1.54, 1.807) is 0 Å². The Kier molecular flexibility index (Phi) is 5.55. The normalized spacial score (nSPS) is 27.0. The van der Waals surface area contributed by atoms with Gasteiger partial charge in [0.2, 0.25) is 5.91 Å². The first-order valence-corrected chi connectivity index (χ1v) is 10.1. The third-order valence-electron chi connectivity index (χ3n) is 5.20. The largest absolute Gasteiger partial charge is 0.418 e. The van der Waals surface area contributed by atoms with Crippen LogP contribution < -0.4 is 10.9 Å². The molecule has 12 nitrogen and oxygen atoms in total. The number of rotatable bonds is 4. The number of carbonyl (C=O) groups is 3. The minimum Gasteiger partial charge on any atom is -0.309 e. The molecule has 0 aromatic rings. The first-order chi connectivity index (χ1) is 12.7. The number of nitrogens with zero attached hydrogens (tertiary/aromatic N) is 3. The lowest BCUT2D eigenvalue weighted by atomic mass is 9.96. The highest BCUT2D eigenvalue weighted by Crippen LogP contribution is 2.30. The zero-order valence-electron chi connectivity index (χ0n) is 14.8. The van der Waals surface area contributed by atoms with Gasteiger partial charge in [0.15, 0.2) is 0 Å². The molecule has 152 valence electrons. The number of nitrogens with one attached hydrogen (secondary N) is 2. The number of urea groups is 1. The number of hydrogen-bond acceptors (Lipinski definition) is 7. The molecule has 3 rings (SSSR count). The van der Waals surface area contributed by atoms with Gasteiger partial charge in [0, 0.05) is 12.5 Å². The van der Waals surface area contributed by atoms with Gasteiger partial charge in [-0.1, -0.05) is 0 Å². The molecule has 0 aliphatic carbocycles. The number of hydroxylamine groups is 2. The fourth-order valence-electron chi connectivity index (χ4n) is 3.68. The van der Waals surface area contributed by atoms with Gasteiger partial charge in [-0.2, -0.15) is 13.5 Å². The average Bonchev–Trinajstić information content (AvgIpc) is 2.83. The lowest BCUT2D eigenvalue weighted by molar-refractivity contribution is -0.134. The van der Waals surface area contributed by atoms with Crippen LogP contribution in [0.15, 0.2) is 0 Å². The van der Waals surface area contributed by atoms with Gasteiger partial charge in [-0.15, -0.1) is 4.28 Å². The van der Waals surface area contributed by atoms with Gasteiger partial charge >= 0.3 is 16.4 Å². The van der Waals surface area contributed by atoms with Gasteiger partial charge in [-0.05, 0) is 45.8 Å². The minimum atomic E-state index is -4.84. The summed E-state index contributed by atoms with van der Waals surface area (Å²) in [5.74, 6) is -1.00. The van der Waals surface area contributed by atoms with Crippen LogP contribution in [0.3, 0.4) is 0 Å². The van der Waals surface area contributed by atoms with E-state index in [4.69, 9.17) is 4.55 Å². The van der Waals surface area contributed by atoms with Crippen LogP contribution in [0.2, 0.25) is 0 Å². The first-order valence-electron chi connectivity index (χ1n) is 8.71. The molecule has 3 saturated heterocycles. The van der Waals surface area contributed by atoms with E-state index in [1.807, 2.05) is 7.05 Å². The van der Waals surface area contributed by atoms with Crippen molar-refractivity contribution in [2.75, 3.05) is 26.7 Å². The number of likely N-dealkylation sites (tertiary alicyclic amines) is 1. The van der Waals surface area contributed by atoms with Crippen LogP contribution in [-0.4, -0.2) is 84.4 Å². The van der Waals surface area contributed by atoms with Crippen LogP contribution >= 0.6 is 0 Å². The molecular formula is C14H23N5O7S. The van der Waals surface area contributed by atoms with Gasteiger partial charge in [-0.3, -0.25) is 25.0 Å². The number of carbonyl (C=O) groups excluding carboxylic acids is 3. The SMILES string of the molecule is CN1CCC(C(=O)NNC(=O)[C@@H]2CC[C@@H]3CN2C(=O)N3OS(=O)(=O)O)CC1. The molecular weight excluding hydrogens is 382 g/mol. The summed E-state index contributed by atoms with van der Waals surface area (Å²) in [6.07, 6.45) is 2.00. The predicted octanol–water partition coefficient (Wildman–Crippen LogP) is -1.52. The summed E-state index contributed by atoms with van der Waals surface area (Å²) in [5.41, 5.74) is 4.77. The monoisotopic (exact) mass is 405 g/mol. The maximum atomic E-state index is 12.4. The second kappa shape index (κ2) is 7.58. The molecule has 4 amide bonds. The fourth-order valence-corrected chi connectivity index (χ4v) is 4.07.